The molecule has 1 aliphatic rings. The maximum Gasteiger partial charge on any atom is 0.123 e. The maximum absolute atomic E-state index is 10.5. The van der Waals surface area contributed by atoms with E-state index in [1.165, 1.54) is 36.9 Å². The lowest BCUT2D eigenvalue weighted by Crippen LogP contribution is -2.38. The Labute approximate surface area is 145 Å². The van der Waals surface area contributed by atoms with Crippen molar-refractivity contribution < 1.29 is 5.11 Å². The highest BCUT2D eigenvalue weighted by atomic mass is 16.3. The van der Waals surface area contributed by atoms with Gasteiger partial charge in [0, 0.05) is 11.6 Å². The van der Waals surface area contributed by atoms with E-state index in [-0.39, 0.29) is 0 Å². The molecule has 2 heteroatoms. The van der Waals surface area contributed by atoms with Crippen LogP contribution >= 0.6 is 0 Å². The molecule has 1 atom stereocenters. The van der Waals surface area contributed by atoms with E-state index < -0.39 is 0 Å². The molecule has 0 bridgehead atoms. The van der Waals surface area contributed by atoms with Crippen molar-refractivity contribution in [2.45, 2.75) is 39.2 Å². The van der Waals surface area contributed by atoms with Crippen LogP contribution in [0, 0.1) is 6.92 Å². The van der Waals surface area contributed by atoms with Gasteiger partial charge in [0.15, 0.2) is 0 Å². The molecule has 1 saturated heterocycles. The van der Waals surface area contributed by atoms with Gasteiger partial charge in [0.1, 0.15) is 5.75 Å². The molecule has 1 aliphatic heterocycles. The van der Waals surface area contributed by atoms with Crippen molar-refractivity contribution in [1.82, 2.24) is 4.90 Å². The molecular weight excluding hydrogens is 294 g/mol. The summed E-state index contributed by atoms with van der Waals surface area (Å²) in [5, 5.41) is 10.5. The monoisotopic (exact) mass is 321 g/mol. The lowest BCUT2D eigenvalue weighted by molar-refractivity contribution is 0.190. The number of aromatic hydroxyl groups is 1. The third kappa shape index (κ3) is 3.70. The average molecular weight is 321 g/mol. The molecule has 0 spiro atoms. The van der Waals surface area contributed by atoms with Crippen molar-refractivity contribution in [2.24, 2.45) is 0 Å². The molecule has 3 rings (SSSR count). The Morgan fingerprint density at radius 3 is 2.71 bits per heavy atom. The van der Waals surface area contributed by atoms with Crippen molar-refractivity contribution in [3.63, 3.8) is 0 Å². The van der Waals surface area contributed by atoms with E-state index in [2.05, 4.69) is 55.2 Å². The lowest BCUT2D eigenvalue weighted by atomic mass is 9.91. The van der Waals surface area contributed by atoms with Gasteiger partial charge in [0.2, 0.25) is 0 Å². The summed E-state index contributed by atoms with van der Waals surface area (Å²) in [5.41, 5.74) is 4.41. The number of aryl methyl sites for hydroxylation is 1. The first-order valence-corrected chi connectivity index (χ1v) is 9.00. The van der Waals surface area contributed by atoms with Crippen molar-refractivity contribution in [3.8, 4) is 5.75 Å². The Morgan fingerprint density at radius 2 is 1.96 bits per heavy atom. The molecule has 1 N–H and O–H groups in total. The second kappa shape index (κ2) is 7.67. The Morgan fingerprint density at radius 1 is 1.17 bits per heavy atom. The zero-order chi connectivity index (χ0) is 16.9. The number of phenolic OH excluding ortho intramolecular Hbond substituents is 1. The summed E-state index contributed by atoms with van der Waals surface area (Å²) in [5.74, 6) is 0.356. The van der Waals surface area contributed by atoms with Crippen LogP contribution in [-0.4, -0.2) is 29.1 Å². The summed E-state index contributed by atoms with van der Waals surface area (Å²) >= 11 is 0. The number of hydrogen-bond acceptors (Lipinski definition) is 2. The van der Waals surface area contributed by atoms with Gasteiger partial charge < -0.3 is 5.11 Å². The second-order valence-electron chi connectivity index (χ2n) is 6.66. The van der Waals surface area contributed by atoms with Crippen LogP contribution in [0.25, 0.3) is 5.57 Å². The van der Waals surface area contributed by atoms with Gasteiger partial charge in [-0.05, 0) is 56.1 Å². The number of likely N-dealkylation sites (N-methyl/N-ethyl adjacent to an activating group) is 1. The molecule has 0 radical (unpaired) electrons. The van der Waals surface area contributed by atoms with Gasteiger partial charge in [-0.3, -0.25) is 4.90 Å². The van der Waals surface area contributed by atoms with Gasteiger partial charge in [-0.2, -0.15) is 0 Å². The standard InChI is InChI=1S/C22H27NO/c1-3-23-14-8-7-11-19(23)16-20(18-9-5-4-6-10-18)21-15-17(2)12-13-22(21)24/h4-6,9-10,12-13,15-16,19,24H,3,7-8,11,14H2,1-2H3/b20-16+. The average Bonchev–Trinajstić information content (AvgIpc) is 2.63. The highest BCUT2D eigenvalue weighted by Crippen LogP contribution is 2.33. The van der Waals surface area contributed by atoms with Crippen molar-refractivity contribution in [1.29, 1.82) is 0 Å². The topological polar surface area (TPSA) is 23.5 Å². The first-order valence-electron chi connectivity index (χ1n) is 9.00. The fraction of sp³-hybridized carbons (Fsp3) is 0.364. The molecule has 0 aromatic heterocycles. The highest BCUT2D eigenvalue weighted by Gasteiger charge is 2.21. The summed E-state index contributed by atoms with van der Waals surface area (Å²) in [6, 6.07) is 16.7. The molecule has 0 aliphatic carbocycles. The van der Waals surface area contributed by atoms with Crippen LogP contribution in [0.1, 0.15) is 42.9 Å². The molecule has 2 aromatic rings. The zero-order valence-electron chi connectivity index (χ0n) is 14.7. The molecule has 24 heavy (non-hydrogen) atoms. The van der Waals surface area contributed by atoms with Crippen LogP contribution in [0.3, 0.4) is 0 Å². The SMILES string of the molecule is CCN1CCCCC1/C=C(\c1ccccc1)c1cc(C)ccc1O. The van der Waals surface area contributed by atoms with Gasteiger partial charge in [-0.25, -0.2) is 0 Å². The van der Waals surface area contributed by atoms with Crippen LogP contribution in [0.2, 0.25) is 0 Å². The predicted molar refractivity (Wildman–Crippen MR) is 101 cm³/mol. The normalized spacial score (nSPS) is 19.4. The summed E-state index contributed by atoms with van der Waals surface area (Å²) in [7, 11) is 0. The molecule has 0 saturated carbocycles. The van der Waals surface area contributed by atoms with Crippen molar-refractivity contribution in [2.75, 3.05) is 13.1 Å². The number of rotatable bonds is 4. The van der Waals surface area contributed by atoms with E-state index in [0.29, 0.717) is 11.8 Å². The Hall–Kier alpha value is -2.06. The quantitative estimate of drug-likeness (QED) is 0.856. The van der Waals surface area contributed by atoms with E-state index in [0.717, 1.165) is 17.7 Å². The van der Waals surface area contributed by atoms with E-state index in [1.54, 1.807) is 6.07 Å². The molecular formula is C22H27NO. The minimum absolute atomic E-state index is 0.356. The lowest BCUT2D eigenvalue weighted by Gasteiger charge is -2.33. The van der Waals surface area contributed by atoms with Crippen LogP contribution in [-0.2, 0) is 0 Å². The molecule has 1 fully saturated rings. The third-order valence-corrected chi connectivity index (χ3v) is 4.96. The molecule has 126 valence electrons. The van der Waals surface area contributed by atoms with Crippen LogP contribution in [0.4, 0.5) is 0 Å². The maximum atomic E-state index is 10.5. The third-order valence-electron chi connectivity index (χ3n) is 4.96. The molecule has 2 aromatic carbocycles. The Kier molecular flexibility index (Phi) is 5.37. The van der Waals surface area contributed by atoms with Crippen molar-refractivity contribution >= 4 is 5.57 Å². The number of phenols is 1. The van der Waals surface area contributed by atoms with Crippen LogP contribution in [0.15, 0.2) is 54.6 Å². The van der Waals surface area contributed by atoms with Crippen LogP contribution in [0.5, 0.6) is 5.75 Å². The molecule has 2 nitrogen and oxygen atoms in total. The van der Waals surface area contributed by atoms with E-state index >= 15 is 0 Å². The predicted octanol–water partition coefficient (Wildman–Crippen LogP) is 5.01. The fourth-order valence-electron chi connectivity index (χ4n) is 3.62. The number of nitrogens with zero attached hydrogens (tertiary/aromatic N) is 1. The Bertz CT molecular complexity index is 705. The van der Waals surface area contributed by atoms with Gasteiger partial charge in [0.05, 0.1) is 0 Å². The van der Waals surface area contributed by atoms with E-state index in [4.69, 9.17) is 0 Å². The fourth-order valence-corrected chi connectivity index (χ4v) is 3.62. The first-order chi connectivity index (χ1) is 11.7. The highest BCUT2D eigenvalue weighted by molar-refractivity contribution is 5.83. The summed E-state index contributed by atoms with van der Waals surface area (Å²) in [6.07, 6.45) is 6.12. The van der Waals surface area contributed by atoms with Gasteiger partial charge in [-0.1, -0.05) is 61.4 Å². The first kappa shape index (κ1) is 16.8. The zero-order valence-corrected chi connectivity index (χ0v) is 14.7. The molecule has 1 unspecified atom stereocenters. The Balaban J connectivity index is 2.08. The van der Waals surface area contributed by atoms with E-state index in [9.17, 15) is 5.11 Å². The number of benzene rings is 2. The largest absolute Gasteiger partial charge is 0.507 e. The second-order valence-corrected chi connectivity index (χ2v) is 6.66. The number of likely N-dealkylation sites (tertiary alicyclic amines) is 1. The van der Waals surface area contributed by atoms with Gasteiger partial charge in [-0.15, -0.1) is 0 Å². The van der Waals surface area contributed by atoms with E-state index in [1.807, 2.05) is 12.1 Å². The van der Waals surface area contributed by atoms with Crippen molar-refractivity contribution in [3.05, 3.63) is 71.3 Å². The minimum atomic E-state index is 0.356. The number of hydrogen-bond donors (Lipinski definition) is 1. The summed E-state index contributed by atoms with van der Waals surface area (Å²) < 4.78 is 0. The number of piperidine rings is 1. The van der Waals surface area contributed by atoms with Crippen LogP contribution < -0.4 is 0 Å². The smallest absolute Gasteiger partial charge is 0.123 e. The minimum Gasteiger partial charge on any atom is -0.507 e. The molecule has 0 amide bonds. The molecule has 1 heterocycles. The van der Waals surface area contributed by atoms with Gasteiger partial charge >= 0.3 is 0 Å². The summed E-state index contributed by atoms with van der Waals surface area (Å²) in [4.78, 5) is 2.54. The summed E-state index contributed by atoms with van der Waals surface area (Å²) in [6.45, 7) is 6.55. The van der Waals surface area contributed by atoms with Gasteiger partial charge in [0.25, 0.3) is 0 Å².